The highest BCUT2D eigenvalue weighted by Crippen LogP contribution is 2.29. The van der Waals surface area contributed by atoms with Gasteiger partial charge in [0.05, 0.1) is 12.6 Å². The Bertz CT molecular complexity index is 1000. The lowest BCUT2D eigenvalue weighted by Crippen LogP contribution is -2.24. The number of nitrogens with zero attached hydrogens (tertiary/aromatic N) is 1. The first kappa shape index (κ1) is 15.7. The van der Waals surface area contributed by atoms with Gasteiger partial charge in [-0.2, -0.15) is 0 Å². The summed E-state index contributed by atoms with van der Waals surface area (Å²) >= 11 is 0. The van der Waals surface area contributed by atoms with E-state index in [9.17, 15) is 5.11 Å². The van der Waals surface area contributed by atoms with E-state index in [2.05, 4.69) is 59.3 Å². The molecule has 3 heteroatoms. The molecule has 0 aliphatic carbocycles. The molecule has 4 rings (SSSR count). The molecule has 1 heterocycles. The van der Waals surface area contributed by atoms with Crippen LogP contribution in [0, 0.1) is 6.92 Å². The number of fused-ring (bicyclic) bond motifs is 3. The number of benzene rings is 3. The van der Waals surface area contributed by atoms with E-state index in [0.717, 1.165) is 5.69 Å². The molecule has 0 fully saturated rings. The zero-order valence-electron chi connectivity index (χ0n) is 14.3. The number of aromatic nitrogens is 1. The van der Waals surface area contributed by atoms with Gasteiger partial charge in [-0.1, -0.05) is 48.0 Å². The second kappa shape index (κ2) is 6.61. The first-order valence-corrected chi connectivity index (χ1v) is 8.67. The molecule has 1 unspecified atom stereocenters. The number of hydrogen-bond acceptors (Lipinski definition) is 2. The van der Waals surface area contributed by atoms with E-state index < -0.39 is 6.10 Å². The summed E-state index contributed by atoms with van der Waals surface area (Å²) in [6.07, 6.45) is -0.472. The molecule has 0 bridgehead atoms. The van der Waals surface area contributed by atoms with E-state index in [0.29, 0.717) is 13.1 Å². The van der Waals surface area contributed by atoms with Gasteiger partial charge in [0.15, 0.2) is 0 Å². The fourth-order valence-electron chi connectivity index (χ4n) is 3.43. The molecule has 0 radical (unpaired) electrons. The normalized spacial score (nSPS) is 12.6. The molecule has 3 aromatic carbocycles. The molecular formula is C22H22N2O. The highest BCUT2D eigenvalue weighted by Gasteiger charge is 2.13. The van der Waals surface area contributed by atoms with E-state index in [1.807, 2.05) is 30.3 Å². The van der Waals surface area contributed by atoms with E-state index in [-0.39, 0.29) is 0 Å². The summed E-state index contributed by atoms with van der Waals surface area (Å²) in [6, 6.07) is 24.9. The van der Waals surface area contributed by atoms with Gasteiger partial charge < -0.3 is 15.0 Å². The molecule has 3 nitrogen and oxygen atoms in total. The molecule has 0 amide bonds. The molecule has 0 spiro atoms. The second-order valence-electron chi connectivity index (χ2n) is 6.55. The summed E-state index contributed by atoms with van der Waals surface area (Å²) in [5.41, 5.74) is 4.62. The van der Waals surface area contributed by atoms with Crippen molar-refractivity contribution in [1.29, 1.82) is 0 Å². The Hall–Kier alpha value is -2.78. The zero-order valence-corrected chi connectivity index (χ0v) is 14.3. The van der Waals surface area contributed by atoms with E-state index in [1.54, 1.807) is 0 Å². The van der Waals surface area contributed by atoms with Crippen LogP contribution in [0.1, 0.15) is 5.56 Å². The van der Waals surface area contributed by atoms with Crippen LogP contribution >= 0.6 is 0 Å². The maximum Gasteiger partial charge on any atom is 0.0891 e. The van der Waals surface area contributed by atoms with Gasteiger partial charge in [-0.05, 0) is 37.3 Å². The predicted octanol–water partition coefficient (Wildman–Crippen LogP) is 4.58. The molecule has 0 aliphatic rings. The van der Waals surface area contributed by atoms with Gasteiger partial charge in [-0.3, -0.25) is 0 Å². The molecule has 0 saturated heterocycles. The van der Waals surface area contributed by atoms with Crippen LogP contribution in [0.15, 0.2) is 72.8 Å². The molecular weight excluding hydrogens is 308 g/mol. The average molecular weight is 330 g/mol. The highest BCUT2D eigenvalue weighted by molar-refractivity contribution is 6.08. The summed E-state index contributed by atoms with van der Waals surface area (Å²) in [5.74, 6) is 0. The molecule has 0 saturated carbocycles. The first-order chi connectivity index (χ1) is 12.2. The summed E-state index contributed by atoms with van der Waals surface area (Å²) in [7, 11) is 0. The third-order valence-electron chi connectivity index (χ3n) is 4.64. The fraction of sp³-hybridized carbons (Fsp3) is 0.182. The third kappa shape index (κ3) is 3.11. The third-order valence-corrected chi connectivity index (χ3v) is 4.64. The largest absolute Gasteiger partial charge is 0.389 e. The molecule has 4 aromatic rings. The maximum absolute atomic E-state index is 10.6. The van der Waals surface area contributed by atoms with E-state index >= 15 is 0 Å². The number of aryl methyl sites for hydroxylation is 1. The topological polar surface area (TPSA) is 37.2 Å². The summed E-state index contributed by atoms with van der Waals surface area (Å²) in [6.45, 7) is 3.20. The lowest BCUT2D eigenvalue weighted by Gasteiger charge is -2.15. The Labute approximate surface area is 147 Å². The molecule has 2 N–H and O–H groups in total. The van der Waals surface area contributed by atoms with Crippen LogP contribution in [-0.4, -0.2) is 22.3 Å². The van der Waals surface area contributed by atoms with Crippen molar-refractivity contribution < 1.29 is 5.11 Å². The summed E-state index contributed by atoms with van der Waals surface area (Å²) in [5, 5.41) is 16.4. The van der Waals surface area contributed by atoms with Crippen LogP contribution in [-0.2, 0) is 6.54 Å². The van der Waals surface area contributed by atoms with Gasteiger partial charge in [0.25, 0.3) is 0 Å². The van der Waals surface area contributed by atoms with Crippen LogP contribution in [0.2, 0.25) is 0 Å². The lowest BCUT2D eigenvalue weighted by atomic mass is 10.1. The standard InChI is InChI=1S/C22H22N2O/c1-16-11-12-22-20(13-16)19-9-5-6-10-21(19)24(22)15-18(25)14-23-17-7-3-2-4-8-17/h2-13,18,23,25H,14-15H2,1H3. The second-order valence-corrected chi connectivity index (χ2v) is 6.55. The number of aliphatic hydroxyl groups excluding tert-OH is 1. The molecule has 1 atom stereocenters. The van der Waals surface area contributed by atoms with Crippen molar-refractivity contribution in [2.24, 2.45) is 0 Å². The number of hydrogen-bond donors (Lipinski definition) is 2. The lowest BCUT2D eigenvalue weighted by molar-refractivity contribution is 0.169. The van der Waals surface area contributed by atoms with Gasteiger partial charge in [-0.15, -0.1) is 0 Å². The van der Waals surface area contributed by atoms with Crippen LogP contribution in [0.5, 0.6) is 0 Å². The Morgan fingerprint density at radius 1 is 0.880 bits per heavy atom. The van der Waals surface area contributed by atoms with Gasteiger partial charge in [0.2, 0.25) is 0 Å². The predicted molar refractivity (Wildman–Crippen MR) is 105 cm³/mol. The van der Waals surface area contributed by atoms with E-state index in [4.69, 9.17) is 0 Å². The fourth-order valence-corrected chi connectivity index (χ4v) is 3.43. The van der Waals surface area contributed by atoms with Gasteiger partial charge >= 0.3 is 0 Å². The van der Waals surface area contributed by atoms with Crippen LogP contribution in [0.4, 0.5) is 5.69 Å². The SMILES string of the molecule is Cc1ccc2c(c1)c1ccccc1n2CC(O)CNc1ccccc1. The number of rotatable bonds is 5. The zero-order chi connectivity index (χ0) is 17.2. The average Bonchev–Trinajstić information content (AvgIpc) is 2.94. The summed E-state index contributed by atoms with van der Waals surface area (Å²) in [4.78, 5) is 0. The number of anilines is 1. The van der Waals surface area contributed by atoms with Crippen LogP contribution in [0.3, 0.4) is 0 Å². The Kier molecular flexibility index (Phi) is 4.16. The smallest absolute Gasteiger partial charge is 0.0891 e. The van der Waals surface area contributed by atoms with Crippen LogP contribution < -0.4 is 5.32 Å². The minimum Gasteiger partial charge on any atom is -0.389 e. The van der Waals surface area contributed by atoms with Crippen LogP contribution in [0.25, 0.3) is 21.8 Å². The number of para-hydroxylation sites is 2. The summed E-state index contributed by atoms with van der Waals surface area (Å²) < 4.78 is 2.22. The van der Waals surface area contributed by atoms with Crippen molar-refractivity contribution in [3.63, 3.8) is 0 Å². The van der Waals surface area contributed by atoms with Crippen molar-refractivity contribution in [3.05, 3.63) is 78.4 Å². The van der Waals surface area contributed by atoms with Crippen molar-refractivity contribution in [3.8, 4) is 0 Å². The van der Waals surface area contributed by atoms with Crippen molar-refractivity contribution >= 4 is 27.5 Å². The quantitative estimate of drug-likeness (QED) is 0.562. The monoisotopic (exact) mass is 330 g/mol. The molecule has 0 aliphatic heterocycles. The minimum atomic E-state index is -0.472. The van der Waals surface area contributed by atoms with Gasteiger partial charge in [-0.25, -0.2) is 0 Å². The Morgan fingerprint density at radius 3 is 2.44 bits per heavy atom. The molecule has 126 valence electrons. The van der Waals surface area contributed by atoms with Gasteiger partial charge in [0, 0.05) is 34.0 Å². The van der Waals surface area contributed by atoms with Gasteiger partial charge in [0.1, 0.15) is 0 Å². The molecule has 25 heavy (non-hydrogen) atoms. The minimum absolute atomic E-state index is 0.472. The Morgan fingerprint density at radius 2 is 1.60 bits per heavy atom. The maximum atomic E-state index is 10.6. The van der Waals surface area contributed by atoms with Crippen molar-refractivity contribution in [2.45, 2.75) is 19.6 Å². The number of nitrogens with one attached hydrogen (secondary N) is 1. The first-order valence-electron chi connectivity index (χ1n) is 8.67. The molecule has 1 aromatic heterocycles. The van der Waals surface area contributed by atoms with Crippen molar-refractivity contribution in [2.75, 3.05) is 11.9 Å². The highest BCUT2D eigenvalue weighted by atomic mass is 16.3. The Balaban J connectivity index is 1.63. The van der Waals surface area contributed by atoms with E-state index in [1.165, 1.54) is 27.4 Å². The number of aliphatic hydroxyl groups is 1. The van der Waals surface area contributed by atoms with Crippen molar-refractivity contribution in [1.82, 2.24) is 4.57 Å².